The molecule has 2 unspecified atom stereocenters. The van der Waals surface area contributed by atoms with E-state index >= 15 is 0 Å². The standard InChI is InChI=1S/C20H17FO2/c1-10-13-8-7-12-5-3-4-6-14(12)17(13)11(2)15-9-16(21)19(22)20(23)18(10)15/h3-9,19-20,22-23H,1-2H3. The van der Waals surface area contributed by atoms with E-state index in [-0.39, 0.29) is 0 Å². The molecule has 4 rings (SSSR count). The van der Waals surface area contributed by atoms with Crippen LogP contribution in [0.5, 0.6) is 0 Å². The van der Waals surface area contributed by atoms with Gasteiger partial charge in [-0.2, -0.15) is 0 Å². The van der Waals surface area contributed by atoms with Crippen molar-refractivity contribution in [2.45, 2.75) is 26.1 Å². The van der Waals surface area contributed by atoms with Crippen molar-refractivity contribution >= 4 is 27.6 Å². The summed E-state index contributed by atoms with van der Waals surface area (Å²) in [6, 6.07) is 12.2. The zero-order valence-electron chi connectivity index (χ0n) is 13.0. The Morgan fingerprint density at radius 1 is 0.870 bits per heavy atom. The number of halogens is 1. The second-order valence-corrected chi connectivity index (χ2v) is 6.21. The van der Waals surface area contributed by atoms with E-state index in [2.05, 4.69) is 18.2 Å². The minimum Gasteiger partial charge on any atom is -0.385 e. The van der Waals surface area contributed by atoms with Gasteiger partial charge in [-0.15, -0.1) is 0 Å². The molecule has 0 saturated carbocycles. The third kappa shape index (κ3) is 1.87. The van der Waals surface area contributed by atoms with Gasteiger partial charge in [-0.3, -0.25) is 0 Å². The lowest BCUT2D eigenvalue weighted by Crippen LogP contribution is -2.24. The van der Waals surface area contributed by atoms with Gasteiger partial charge in [0.05, 0.1) is 0 Å². The van der Waals surface area contributed by atoms with Gasteiger partial charge >= 0.3 is 0 Å². The lowest BCUT2D eigenvalue weighted by Gasteiger charge is -2.28. The normalized spacial score (nSPS) is 20.7. The molecule has 0 radical (unpaired) electrons. The van der Waals surface area contributed by atoms with Gasteiger partial charge in [-0.05, 0) is 63.7 Å². The van der Waals surface area contributed by atoms with Gasteiger partial charge in [0.15, 0.2) is 0 Å². The molecule has 2 N–H and O–H groups in total. The lowest BCUT2D eigenvalue weighted by atomic mass is 9.81. The topological polar surface area (TPSA) is 40.5 Å². The molecule has 1 aliphatic rings. The molecule has 2 nitrogen and oxygen atoms in total. The summed E-state index contributed by atoms with van der Waals surface area (Å²) in [4.78, 5) is 0. The van der Waals surface area contributed by atoms with Crippen LogP contribution in [0.4, 0.5) is 4.39 Å². The van der Waals surface area contributed by atoms with Crippen LogP contribution in [-0.4, -0.2) is 16.3 Å². The van der Waals surface area contributed by atoms with Crippen molar-refractivity contribution in [1.29, 1.82) is 0 Å². The molecule has 0 fully saturated rings. The number of aryl methyl sites for hydroxylation is 2. The molecule has 0 saturated heterocycles. The third-order valence-corrected chi connectivity index (χ3v) is 4.97. The average molecular weight is 308 g/mol. The predicted octanol–water partition coefficient (Wildman–Crippen LogP) is 4.33. The molecular formula is C20H17FO2. The molecule has 3 aromatic rings. The highest BCUT2D eigenvalue weighted by atomic mass is 19.1. The molecule has 0 amide bonds. The number of hydrogen-bond donors (Lipinski definition) is 2. The maximum atomic E-state index is 14.0. The fourth-order valence-corrected chi connectivity index (χ4v) is 3.77. The number of aliphatic hydroxyl groups excluding tert-OH is 2. The first-order valence-electron chi connectivity index (χ1n) is 7.68. The van der Waals surface area contributed by atoms with Crippen LogP contribution in [0.3, 0.4) is 0 Å². The lowest BCUT2D eigenvalue weighted by molar-refractivity contribution is 0.0267. The molecule has 0 bridgehead atoms. The zero-order chi connectivity index (χ0) is 16.3. The summed E-state index contributed by atoms with van der Waals surface area (Å²) in [7, 11) is 0. The van der Waals surface area contributed by atoms with Crippen molar-refractivity contribution in [2.75, 3.05) is 0 Å². The van der Waals surface area contributed by atoms with Crippen molar-refractivity contribution < 1.29 is 14.6 Å². The molecule has 23 heavy (non-hydrogen) atoms. The van der Waals surface area contributed by atoms with Crippen LogP contribution in [-0.2, 0) is 0 Å². The van der Waals surface area contributed by atoms with E-state index in [4.69, 9.17) is 0 Å². The molecule has 0 spiro atoms. The highest BCUT2D eigenvalue weighted by Crippen LogP contribution is 2.42. The molecule has 1 aliphatic carbocycles. The highest BCUT2D eigenvalue weighted by Gasteiger charge is 2.32. The van der Waals surface area contributed by atoms with Gasteiger partial charge in [0.1, 0.15) is 18.0 Å². The van der Waals surface area contributed by atoms with Gasteiger partial charge in [0.25, 0.3) is 0 Å². The molecule has 0 aliphatic heterocycles. The summed E-state index contributed by atoms with van der Waals surface area (Å²) < 4.78 is 14.0. The molecule has 3 heteroatoms. The number of rotatable bonds is 0. The summed E-state index contributed by atoms with van der Waals surface area (Å²) in [5.41, 5.74) is 3.13. The maximum Gasteiger partial charge on any atom is 0.135 e. The minimum absolute atomic E-state index is 0.624. The van der Waals surface area contributed by atoms with Gasteiger partial charge in [0, 0.05) is 0 Å². The Bertz CT molecular complexity index is 988. The second-order valence-electron chi connectivity index (χ2n) is 6.21. The summed E-state index contributed by atoms with van der Waals surface area (Å²) in [5, 5.41) is 24.6. The molecule has 0 heterocycles. The van der Waals surface area contributed by atoms with E-state index in [9.17, 15) is 14.6 Å². The van der Waals surface area contributed by atoms with Crippen molar-refractivity contribution in [2.24, 2.45) is 0 Å². The summed E-state index contributed by atoms with van der Waals surface area (Å²) in [6.45, 7) is 3.86. The molecule has 3 aromatic carbocycles. The zero-order valence-corrected chi connectivity index (χ0v) is 13.0. The van der Waals surface area contributed by atoms with E-state index in [0.717, 1.165) is 32.7 Å². The summed E-state index contributed by atoms with van der Waals surface area (Å²) in [5.74, 6) is -0.688. The third-order valence-electron chi connectivity index (χ3n) is 4.97. The first-order valence-corrected chi connectivity index (χ1v) is 7.68. The maximum absolute atomic E-state index is 14.0. The largest absolute Gasteiger partial charge is 0.385 e. The number of aliphatic hydroxyl groups is 2. The van der Waals surface area contributed by atoms with Gasteiger partial charge in [-0.1, -0.05) is 36.4 Å². The van der Waals surface area contributed by atoms with Crippen molar-refractivity contribution in [3.05, 3.63) is 64.5 Å². The van der Waals surface area contributed by atoms with E-state index < -0.39 is 18.0 Å². The summed E-state index contributed by atoms with van der Waals surface area (Å²) >= 11 is 0. The van der Waals surface area contributed by atoms with Crippen molar-refractivity contribution in [3.8, 4) is 0 Å². The smallest absolute Gasteiger partial charge is 0.135 e. The Morgan fingerprint density at radius 2 is 1.61 bits per heavy atom. The van der Waals surface area contributed by atoms with E-state index in [1.165, 1.54) is 6.08 Å². The number of hydrogen-bond acceptors (Lipinski definition) is 2. The van der Waals surface area contributed by atoms with Crippen molar-refractivity contribution in [1.82, 2.24) is 0 Å². The SMILES string of the molecule is Cc1c2c(c(C)c3c1ccc1ccccc13)C=C(F)C(O)C2O. The molecule has 0 aromatic heterocycles. The number of benzene rings is 3. The van der Waals surface area contributed by atoms with Crippen molar-refractivity contribution in [3.63, 3.8) is 0 Å². The van der Waals surface area contributed by atoms with E-state index in [1.54, 1.807) is 0 Å². The monoisotopic (exact) mass is 308 g/mol. The Hall–Kier alpha value is -2.23. The second kappa shape index (κ2) is 4.88. The Labute approximate surface area is 133 Å². The van der Waals surface area contributed by atoms with Crippen LogP contribution in [0.25, 0.3) is 27.6 Å². The first-order chi connectivity index (χ1) is 11.0. The van der Waals surface area contributed by atoms with E-state index in [0.29, 0.717) is 11.1 Å². The Morgan fingerprint density at radius 3 is 2.39 bits per heavy atom. The Balaban J connectivity index is 2.23. The van der Waals surface area contributed by atoms with Gasteiger partial charge in [0.2, 0.25) is 0 Å². The van der Waals surface area contributed by atoms with Gasteiger partial charge in [-0.25, -0.2) is 4.39 Å². The van der Waals surface area contributed by atoms with Gasteiger partial charge < -0.3 is 10.2 Å². The van der Waals surface area contributed by atoms with Crippen LogP contribution in [0.15, 0.2) is 42.2 Å². The van der Waals surface area contributed by atoms with Crippen LogP contribution < -0.4 is 0 Å². The molecule has 2 atom stereocenters. The van der Waals surface area contributed by atoms with Crippen LogP contribution in [0, 0.1) is 13.8 Å². The van der Waals surface area contributed by atoms with Crippen LogP contribution >= 0.6 is 0 Å². The summed E-state index contributed by atoms with van der Waals surface area (Å²) in [6.07, 6.45) is -1.36. The molecular weight excluding hydrogens is 291 g/mol. The fraction of sp³-hybridized carbons (Fsp3) is 0.200. The molecule has 116 valence electrons. The minimum atomic E-state index is -1.49. The van der Waals surface area contributed by atoms with Crippen LogP contribution in [0.2, 0.25) is 0 Å². The van der Waals surface area contributed by atoms with Crippen LogP contribution in [0.1, 0.15) is 28.4 Å². The predicted molar refractivity (Wildman–Crippen MR) is 91.0 cm³/mol. The van der Waals surface area contributed by atoms with E-state index in [1.807, 2.05) is 32.0 Å². The number of fused-ring (bicyclic) bond motifs is 4. The quantitative estimate of drug-likeness (QED) is 0.607. The average Bonchev–Trinajstić information content (AvgIpc) is 2.56. The fourth-order valence-electron chi connectivity index (χ4n) is 3.77. The highest BCUT2D eigenvalue weighted by molar-refractivity contribution is 6.11. The first kappa shape index (κ1) is 14.4. The Kier molecular flexibility index (Phi) is 3.05.